The molecule has 9 nitrogen and oxygen atoms in total. The van der Waals surface area contributed by atoms with E-state index in [0.29, 0.717) is 30.2 Å². The number of benzene rings is 1. The number of methoxy groups -OCH3 is 1. The number of amides is 1. The minimum atomic E-state index is -0.126. The van der Waals surface area contributed by atoms with E-state index in [4.69, 9.17) is 4.74 Å². The number of ether oxygens (including phenoxy) is 1. The fraction of sp³-hybridized carbons (Fsp3) is 0.400. The van der Waals surface area contributed by atoms with Crippen molar-refractivity contribution in [1.29, 1.82) is 5.26 Å². The Hall–Kier alpha value is -3.49. The Morgan fingerprint density at radius 2 is 2.22 bits per heavy atom. The lowest BCUT2D eigenvalue weighted by Crippen LogP contribution is -2.39. The van der Waals surface area contributed by atoms with Gasteiger partial charge in [-0.05, 0) is 37.3 Å². The normalized spacial score (nSPS) is 15.0. The van der Waals surface area contributed by atoms with Gasteiger partial charge in [0, 0.05) is 23.4 Å². The van der Waals surface area contributed by atoms with Crippen LogP contribution >= 0.6 is 22.7 Å². The number of thiophene rings is 1. The highest BCUT2D eigenvalue weighted by molar-refractivity contribution is 7.19. The molecule has 5 rings (SSSR count). The van der Waals surface area contributed by atoms with E-state index in [9.17, 15) is 14.9 Å². The van der Waals surface area contributed by atoms with Crippen molar-refractivity contribution in [1.82, 2.24) is 19.9 Å². The summed E-state index contributed by atoms with van der Waals surface area (Å²) in [4.78, 5) is 40.5. The first-order valence-electron chi connectivity index (χ1n) is 11.9. The molecule has 1 amide bonds. The highest BCUT2D eigenvalue weighted by atomic mass is 32.1. The number of aromatic nitrogens is 3. The number of nitriles is 1. The highest BCUT2D eigenvalue weighted by Gasteiger charge is 2.31. The first-order chi connectivity index (χ1) is 17.5. The van der Waals surface area contributed by atoms with Crippen molar-refractivity contribution in [2.24, 2.45) is 5.92 Å². The second-order valence-electron chi connectivity index (χ2n) is 8.81. The Morgan fingerprint density at radius 1 is 1.36 bits per heavy atom. The molecule has 2 N–H and O–H groups in total. The summed E-state index contributed by atoms with van der Waals surface area (Å²) < 4.78 is 6.39. The standard InChI is InChI=1S/C25H26N6O3S2/c1-3-4-8-31(9-7-26)24(32)14-5-6-15-19(10-14)35-23-21(15)22(27-13-28-23)29-16-12-20-17(11-18(16)34-2)30-25(33)36-20/h11-14H,3-6,8-10H2,1-2H3,(H,30,33)(H,27,28,29)/t14-/m1/s1. The lowest BCUT2D eigenvalue weighted by molar-refractivity contribution is -0.135. The third-order valence-corrected chi connectivity index (χ3v) is 8.55. The molecule has 1 aliphatic rings. The van der Waals surface area contributed by atoms with Gasteiger partial charge in [0.2, 0.25) is 5.91 Å². The number of hydrogen-bond acceptors (Lipinski definition) is 9. The number of nitrogens with zero attached hydrogens (tertiary/aromatic N) is 4. The van der Waals surface area contributed by atoms with E-state index in [0.717, 1.165) is 62.3 Å². The number of H-pyrrole nitrogens is 1. The lowest BCUT2D eigenvalue weighted by atomic mass is 9.86. The van der Waals surface area contributed by atoms with Crippen LogP contribution in [0, 0.1) is 17.2 Å². The zero-order chi connectivity index (χ0) is 25.2. The van der Waals surface area contributed by atoms with Crippen LogP contribution in [-0.4, -0.2) is 46.0 Å². The van der Waals surface area contributed by atoms with E-state index in [1.165, 1.54) is 11.9 Å². The van der Waals surface area contributed by atoms with Gasteiger partial charge in [0.05, 0.1) is 34.5 Å². The Morgan fingerprint density at radius 3 is 3.00 bits per heavy atom. The van der Waals surface area contributed by atoms with Crippen LogP contribution in [0.4, 0.5) is 11.5 Å². The van der Waals surface area contributed by atoms with Crippen LogP contribution in [0.1, 0.15) is 36.6 Å². The zero-order valence-electron chi connectivity index (χ0n) is 20.1. The SMILES string of the molecule is CCCCN(CC#N)C(=O)[C@@H]1CCc2c(sc3ncnc(Nc4cc5sc(=O)[nH]c5cc4OC)c23)C1. The quantitative estimate of drug-likeness (QED) is 0.324. The molecule has 186 valence electrons. The smallest absolute Gasteiger partial charge is 0.305 e. The van der Waals surface area contributed by atoms with Gasteiger partial charge in [-0.15, -0.1) is 11.3 Å². The molecule has 1 aromatic carbocycles. The summed E-state index contributed by atoms with van der Waals surface area (Å²) in [6, 6.07) is 5.83. The summed E-state index contributed by atoms with van der Waals surface area (Å²) in [6.45, 7) is 2.84. The molecule has 0 spiro atoms. The summed E-state index contributed by atoms with van der Waals surface area (Å²) in [7, 11) is 1.59. The molecule has 0 unspecified atom stereocenters. The monoisotopic (exact) mass is 522 g/mol. The number of aryl methyl sites for hydroxylation is 1. The molecule has 1 atom stereocenters. The molecule has 0 aliphatic heterocycles. The summed E-state index contributed by atoms with van der Waals surface area (Å²) in [5.74, 6) is 1.22. The third kappa shape index (κ3) is 4.54. The second kappa shape index (κ2) is 10.2. The number of carbonyl (C=O) groups is 1. The van der Waals surface area contributed by atoms with Crippen molar-refractivity contribution in [2.45, 2.75) is 39.0 Å². The maximum absolute atomic E-state index is 13.2. The lowest BCUT2D eigenvalue weighted by Gasteiger charge is -2.28. The molecule has 1 aliphatic carbocycles. The fourth-order valence-corrected chi connectivity index (χ4v) is 6.77. The van der Waals surface area contributed by atoms with Gasteiger partial charge in [-0.1, -0.05) is 24.7 Å². The van der Waals surface area contributed by atoms with Gasteiger partial charge in [0.25, 0.3) is 0 Å². The maximum Gasteiger partial charge on any atom is 0.305 e. The van der Waals surface area contributed by atoms with Crippen LogP contribution in [0.15, 0.2) is 23.3 Å². The molecular weight excluding hydrogens is 496 g/mol. The molecule has 0 saturated heterocycles. The van der Waals surface area contributed by atoms with Gasteiger partial charge in [-0.2, -0.15) is 5.26 Å². The van der Waals surface area contributed by atoms with Crippen molar-refractivity contribution in [3.63, 3.8) is 0 Å². The Balaban J connectivity index is 1.45. The molecule has 0 radical (unpaired) electrons. The van der Waals surface area contributed by atoms with Gasteiger partial charge >= 0.3 is 4.87 Å². The van der Waals surface area contributed by atoms with Gasteiger partial charge in [0.1, 0.15) is 29.3 Å². The first-order valence-corrected chi connectivity index (χ1v) is 13.5. The van der Waals surface area contributed by atoms with Gasteiger partial charge in [-0.25, -0.2) is 9.97 Å². The molecule has 11 heteroatoms. The topological polar surface area (TPSA) is 124 Å². The minimum absolute atomic E-state index is 0.0704. The van der Waals surface area contributed by atoms with Crippen LogP contribution in [0.25, 0.3) is 20.4 Å². The Labute approximate surface area is 215 Å². The van der Waals surface area contributed by atoms with Crippen LogP contribution in [0.2, 0.25) is 0 Å². The maximum atomic E-state index is 13.2. The molecule has 4 aromatic rings. The van der Waals surface area contributed by atoms with E-state index in [1.807, 2.05) is 6.07 Å². The van der Waals surface area contributed by atoms with Crippen LogP contribution in [0.3, 0.4) is 0 Å². The van der Waals surface area contributed by atoms with Crippen LogP contribution in [-0.2, 0) is 17.6 Å². The van der Waals surface area contributed by atoms with E-state index in [2.05, 4.69) is 33.3 Å². The van der Waals surface area contributed by atoms with E-state index in [1.54, 1.807) is 29.4 Å². The molecule has 3 aromatic heterocycles. The van der Waals surface area contributed by atoms with Crippen molar-refractivity contribution in [3.05, 3.63) is 38.6 Å². The molecule has 3 heterocycles. The number of anilines is 2. The van der Waals surface area contributed by atoms with Gasteiger partial charge < -0.3 is 19.9 Å². The number of rotatable bonds is 8. The molecule has 0 fully saturated rings. The van der Waals surface area contributed by atoms with Crippen molar-refractivity contribution < 1.29 is 9.53 Å². The number of aromatic amines is 1. The number of unbranched alkanes of at least 4 members (excludes halogenated alkanes) is 1. The Kier molecular flexibility index (Phi) is 6.89. The summed E-state index contributed by atoms with van der Waals surface area (Å²) in [5.41, 5.74) is 2.62. The summed E-state index contributed by atoms with van der Waals surface area (Å²) in [5, 5.41) is 13.6. The van der Waals surface area contributed by atoms with E-state index in [-0.39, 0.29) is 23.2 Å². The van der Waals surface area contributed by atoms with Crippen molar-refractivity contribution in [2.75, 3.05) is 25.5 Å². The zero-order valence-corrected chi connectivity index (χ0v) is 21.7. The van der Waals surface area contributed by atoms with Crippen molar-refractivity contribution >= 4 is 60.5 Å². The fourth-order valence-electron chi connectivity index (χ4n) is 4.75. The number of thiazole rings is 1. The number of nitrogens with one attached hydrogen (secondary N) is 2. The second-order valence-corrected chi connectivity index (χ2v) is 10.9. The molecular formula is C25H26N6O3S2. The highest BCUT2D eigenvalue weighted by Crippen LogP contribution is 2.42. The first kappa shape index (κ1) is 24.2. The summed E-state index contributed by atoms with van der Waals surface area (Å²) >= 11 is 2.75. The predicted molar refractivity (Wildman–Crippen MR) is 142 cm³/mol. The van der Waals surface area contributed by atoms with Crippen LogP contribution < -0.4 is 14.9 Å². The molecule has 0 bridgehead atoms. The molecule has 0 saturated carbocycles. The number of fused-ring (bicyclic) bond motifs is 4. The third-order valence-electron chi connectivity index (χ3n) is 6.54. The van der Waals surface area contributed by atoms with E-state index >= 15 is 0 Å². The molecule has 36 heavy (non-hydrogen) atoms. The van der Waals surface area contributed by atoms with E-state index < -0.39 is 0 Å². The number of carbonyl (C=O) groups excluding carboxylic acids is 1. The predicted octanol–water partition coefficient (Wildman–Crippen LogP) is 4.60. The van der Waals surface area contributed by atoms with Gasteiger partial charge in [-0.3, -0.25) is 9.59 Å². The van der Waals surface area contributed by atoms with Gasteiger partial charge in [0.15, 0.2) is 0 Å². The Bertz CT molecular complexity index is 1530. The average molecular weight is 523 g/mol. The summed E-state index contributed by atoms with van der Waals surface area (Å²) in [6.07, 6.45) is 5.54. The average Bonchev–Trinajstić information content (AvgIpc) is 3.44. The van der Waals surface area contributed by atoms with Crippen LogP contribution in [0.5, 0.6) is 5.75 Å². The number of hydrogen-bond donors (Lipinski definition) is 2. The largest absolute Gasteiger partial charge is 0.494 e. The van der Waals surface area contributed by atoms with Crippen molar-refractivity contribution in [3.8, 4) is 11.8 Å². The minimum Gasteiger partial charge on any atom is -0.494 e.